The third-order valence-electron chi connectivity index (χ3n) is 31.6. The number of pyridine rings is 3. The van der Waals surface area contributed by atoms with Crippen molar-refractivity contribution < 1.29 is 0 Å². The van der Waals surface area contributed by atoms with Gasteiger partial charge < -0.3 is 53.2 Å². The Morgan fingerprint density at radius 2 is 0.602 bits per heavy atom. The highest BCUT2D eigenvalue weighted by Crippen LogP contribution is 2.51. The second-order valence-corrected chi connectivity index (χ2v) is 40.8. The van der Waals surface area contributed by atoms with Gasteiger partial charge in [0.2, 0.25) is 0 Å². The molecule has 3 spiro atoms. The van der Waals surface area contributed by atoms with E-state index in [-0.39, 0.29) is 11.0 Å². The maximum Gasteiger partial charge on any atom is 0.147 e. The lowest BCUT2D eigenvalue weighted by molar-refractivity contribution is 0.0610. The van der Waals surface area contributed by atoms with Crippen LogP contribution in [0, 0.1) is 70.1 Å². The molecule has 8 aromatic heterocycles. The molecule has 23 rings (SSSR count). The molecular weight excluding hydrogens is 1720 g/mol. The SMILES string of the molecule is Cc1cccc(C2=NCc3nc(N4CCC(C)(CN)CC4)cnc32)c1C.Cc1cccc(C2=NCc3nc(N4CCC(C)(N)CC4)cnc32)c1C.Cc1nccc(C2=NCc3nc(N4CCC5(CCC5N)CC4)cnc32)c1Cl.Cc1nccc(C2=NCc3nc(N4CCC5(CCC5N)CC4)cnc32)c1Cl.Cc1nccc(C2=NCc3nc(N4CCC5(CCC[C@H]5N)CC4)cnc32)c1Cl. The number of anilines is 5. The molecule has 28 nitrogen and oxygen atoms in total. The quantitative estimate of drug-likeness (QED) is 0.0803. The molecule has 3 atom stereocenters. The first-order valence-electron chi connectivity index (χ1n) is 47.7. The van der Waals surface area contributed by atoms with Crippen LogP contribution in [0.15, 0.2) is 129 Å². The van der Waals surface area contributed by atoms with Gasteiger partial charge in [-0.1, -0.05) is 84.5 Å². The van der Waals surface area contributed by atoms with Crippen LogP contribution in [-0.2, 0) is 32.7 Å². The summed E-state index contributed by atoms with van der Waals surface area (Å²) in [7, 11) is 0. The molecule has 8 fully saturated rings. The number of halogens is 3. The molecule has 2 aromatic carbocycles. The second-order valence-electron chi connectivity index (χ2n) is 39.7. The Labute approximate surface area is 795 Å². The van der Waals surface area contributed by atoms with Crippen LogP contribution in [0.4, 0.5) is 29.1 Å². The van der Waals surface area contributed by atoms with E-state index in [1.165, 1.54) is 72.8 Å². The van der Waals surface area contributed by atoms with Gasteiger partial charge in [-0.3, -0.25) is 39.9 Å². The standard InChI is InChI=1S/C21H25ClN6.C21H27N5.2C20H23ClN6.C20H25N5/c1-13-18(22)14(4-8-24-13)19-20-15(11-25-19)27-17(12-26-20)28-9-6-21(7-10-28)5-2-3-16(21)23;1-14-5-4-6-16(15(14)2)19-20-17(11-23-19)25-18(12-24-20)26-9-7-21(3,13-22)8-10-26;2*1-12-17(21)13(3-7-23-12)18-19-14(10-24-18)26-16(11-25-19)27-8-5-20(6-9-27)4-2-15(20)22;1-13-5-4-6-15(14(13)2)18-19-16(11-22-18)24-17(12-23-19)25-9-7-20(3,21)8-10-25/h4,8,12,16H,2-3,5-7,9-11,23H2,1H3;4-6,12H,7-11,13,22H2,1-3H3;2*3,7,11,15H,2,4-6,8-10,22H2,1H3;4-6,12H,7-11,21H2,1-3H3/t16-;;;;/m1..../s1. The minimum Gasteiger partial charge on any atom is -0.355 e. The average Bonchev–Trinajstić information content (AvgIpc) is 1.66. The normalized spacial score (nSPS) is 21.5. The molecule has 3 aliphatic carbocycles. The van der Waals surface area contributed by atoms with E-state index < -0.39 is 0 Å². The Kier molecular flexibility index (Phi) is 25.8. The van der Waals surface area contributed by atoms with Crippen LogP contribution in [0.25, 0.3) is 0 Å². The molecule has 10 aliphatic heterocycles. The van der Waals surface area contributed by atoms with Crippen LogP contribution in [0.1, 0.15) is 247 Å². The van der Waals surface area contributed by atoms with E-state index in [0.29, 0.717) is 82.2 Å². The Morgan fingerprint density at radius 1 is 0.331 bits per heavy atom. The van der Waals surface area contributed by atoms with Gasteiger partial charge in [0.25, 0.3) is 0 Å². The van der Waals surface area contributed by atoms with Crippen LogP contribution in [0.2, 0.25) is 15.1 Å². The Hall–Kier alpha value is -10.7. The fourth-order valence-electron chi connectivity index (χ4n) is 21.5. The minimum atomic E-state index is -0.0559. The van der Waals surface area contributed by atoms with Gasteiger partial charge in [0.15, 0.2) is 0 Å². The van der Waals surface area contributed by atoms with Gasteiger partial charge in [-0.15, -0.1) is 0 Å². The van der Waals surface area contributed by atoms with Crippen molar-refractivity contribution in [2.75, 3.05) is 96.5 Å². The molecule has 3 saturated carbocycles. The van der Waals surface area contributed by atoms with Crippen LogP contribution >= 0.6 is 34.8 Å². The highest BCUT2D eigenvalue weighted by molar-refractivity contribution is 6.37. The lowest BCUT2D eigenvalue weighted by atomic mass is 9.60. The number of hydrogen-bond donors (Lipinski definition) is 5. The molecule has 692 valence electrons. The summed E-state index contributed by atoms with van der Waals surface area (Å²) in [6.45, 7) is 32.2. The summed E-state index contributed by atoms with van der Waals surface area (Å²) in [5.41, 5.74) is 58.4. The molecule has 13 aliphatic rings. The topological polar surface area (TPSA) is 376 Å². The van der Waals surface area contributed by atoms with Crippen LogP contribution in [0.5, 0.6) is 0 Å². The summed E-state index contributed by atoms with van der Waals surface area (Å²) in [6.07, 6.45) is 34.4. The maximum atomic E-state index is 6.45. The molecule has 133 heavy (non-hydrogen) atoms. The number of piperidine rings is 5. The Balaban J connectivity index is 0.000000107. The molecule has 2 unspecified atom stereocenters. The van der Waals surface area contributed by atoms with E-state index in [0.717, 1.165) is 290 Å². The van der Waals surface area contributed by atoms with Crippen LogP contribution in [0.3, 0.4) is 0 Å². The van der Waals surface area contributed by atoms with Gasteiger partial charge in [0, 0.05) is 136 Å². The van der Waals surface area contributed by atoms with Crippen molar-refractivity contribution in [3.05, 3.63) is 243 Å². The predicted octanol–water partition coefficient (Wildman–Crippen LogP) is 14.8. The summed E-state index contributed by atoms with van der Waals surface area (Å²) in [4.78, 5) is 95.9. The summed E-state index contributed by atoms with van der Waals surface area (Å²) in [6, 6.07) is 19.5. The lowest BCUT2D eigenvalue weighted by Crippen LogP contribution is -2.56. The zero-order chi connectivity index (χ0) is 92.4. The summed E-state index contributed by atoms with van der Waals surface area (Å²) in [5.74, 6) is 4.77. The highest BCUT2D eigenvalue weighted by Gasteiger charge is 2.49. The summed E-state index contributed by atoms with van der Waals surface area (Å²) < 4.78 is 0. The van der Waals surface area contributed by atoms with E-state index >= 15 is 0 Å². The van der Waals surface area contributed by atoms with Gasteiger partial charge in [0.05, 0.1) is 153 Å². The van der Waals surface area contributed by atoms with Crippen molar-refractivity contribution in [2.24, 2.45) is 75.3 Å². The Morgan fingerprint density at radius 3 is 0.865 bits per heavy atom. The summed E-state index contributed by atoms with van der Waals surface area (Å²) in [5, 5.41) is 1.90. The van der Waals surface area contributed by atoms with Crippen LogP contribution < -0.4 is 53.2 Å². The molecule has 10 aromatic rings. The Bertz CT molecular complexity index is 6110. The van der Waals surface area contributed by atoms with E-state index in [4.69, 9.17) is 123 Å². The van der Waals surface area contributed by atoms with Gasteiger partial charge in [-0.05, 0) is 227 Å². The predicted molar refractivity (Wildman–Crippen MR) is 531 cm³/mol. The average molecular weight is 1850 g/mol. The number of aliphatic imine (C=N–C) groups is 5. The minimum absolute atomic E-state index is 0.0559. The first kappa shape index (κ1) is 91.4. The fourth-order valence-corrected chi connectivity index (χ4v) is 22.1. The number of benzene rings is 2. The third-order valence-corrected chi connectivity index (χ3v) is 33.0. The second kappa shape index (κ2) is 37.5. The van der Waals surface area contributed by atoms with Gasteiger partial charge in [-0.25, -0.2) is 49.8 Å². The van der Waals surface area contributed by atoms with Crippen molar-refractivity contribution in [2.45, 2.75) is 228 Å². The zero-order valence-electron chi connectivity index (χ0n) is 78.2. The number of nitrogens with two attached hydrogens (primary N) is 5. The zero-order valence-corrected chi connectivity index (χ0v) is 80.5. The number of fused-ring (bicyclic) bond motifs is 5. The van der Waals surface area contributed by atoms with Crippen molar-refractivity contribution in [3.63, 3.8) is 0 Å². The highest BCUT2D eigenvalue weighted by atomic mass is 35.5. The molecule has 0 bridgehead atoms. The number of hydrogen-bond acceptors (Lipinski definition) is 28. The van der Waals surface area contributed by atoms with E-state index in [1.807, 2.05) is 70.0 Å². The molecule has 31 heteroatoms. The van der Waals surface area contributed by atoms with E-state index in [1.54, 1.807) is 18.6 Å². The van der Waals surface area contributed by atoms with Gasteiger partial charge >= 0.3 is 0 Å². The molecule has 0 radical (unpaired) electrons. The molecule has 5 saturated heterocycles. The fraction of sp³-hybridized carbons (Fsp3) is 0.490. The van der Waals surface area contributed by atoms with Crippen molar-refractivity contribution >= 4 is 92.5 Å². The number of rotatable bonds is 11. The number of aromatic nitrogens is 13. The smallest absolute Gasteiger partial charge is 0.147 e. The van der Waals surface area contributed by atoms with Crippen molar-refractivity contribution in [1.29, 1.82) is 0 Å². The molecular formula is C102H123Cl3N28. The number of aryl methyl sites for hydroxylation is 5. The largest absolute Gasteiger partial charge is 0.355 e. The lowest BCUT2D eigenvalue weighted by Gasteiger charge is -2.52. The maximum absolute atomic E-state index is 6.45. The number of nitrogens with zero attached hydrogens (tertiary/aromatic N) is 23. The van der Waals surface area contributed by atoms with Crippen molar-refractivity contribution in [1.82, 2.24) is 64.8 Å². The van der Waals surface area contributed by atoms with Crippen LogP contribution in [-0.4, -0.2) is 189 Å². The van der Waals surface area contributed by atoms with Gasteiger partial charge in [0.1, 0.15) is 57.6 Å². The van der Waals surface area contributed by atoms with Gasteiger partial charge in [-0.2, -0.15) is 0 Å². The molecule has 18 heterocycles. The molecule has 0 amide bonds. The van der Waals surface area contributed by atoms with Crippen molar-refractivity contribution in [3.8, 4) is 0 Å². The first-order valence-corrected chi connectivity index (χ1v) is 48.8. The molecule has 10 N–H and O–H groups in total. The summed E-state index contributed by atoms with van der Waals surface area (Å²) >= 11 is 19.3. The first-order chi connectivity index (χ1) is 64.2. The van der Waals surface area contributed by atoms with E-state index in [2.05, 4.69) is 132 Å². The monoisotopic (exact) mass is 1840 g/mol. The van der Waals surface area contributed by atoms with E-state index in [9.17, 15) is 0 Å². The third kappa shape index (κ3) is 18.0.